The van der Waals surface area contributed by atoms with Crippen molar-refractivity contribution in [3.63, 3.8) is 0 Å². The van der Waals surface area contributed by atoms with Crippen LogP contribution in [0.5, 0.6) is 0 Å². The van der Waals surface area contributed by atoms with Crippen LogP contribution in [-0.2, 0) is 16.0 Å². The molecule has 100 valence electrons. The number of halogens is 4. The second-order valence-electron chi connectivity index (χ2n) is 3.67. The van der Waals surface area contributed by atoms with Gasteiger partial charge >= 0.3 is 0 Å². The van der Waals surface area contributed by atoms with Gasteiger partial charge in [-0.15, -0.1) is 0 Å². The van der Waals surface area contributed by atoms with Gasteiger partial charge in [0.1, 0.15) is 18.2 Å². The van der Waals surface area contributed by atoms with E-state index in [1.165, 1.54) is 12.1 Å². The van der Waals surface area contributed by atoms with Gasteiger partial charge in [0.05, 0.1) is 6.61 Å². The zero-order valence-electron chi connectivity index (χ0n) is 9.47. The minimum absolute atomic E-state index is 0.0191. The van der Waals surface area contributed by atoms with E-state index in [9.17, 15) is 18.0 Å². The van der Waals surface area contributed by atoms with Crippen molar-refractivity contribution < 1.29 is 22.7 Å². The summed E-state index contributed by atoms with van der Waals surface area (Å²) >= 11 is 5.57. The number of rotatable bonds is 7. The molecular weight excluding hydrogens is 269 g/mol. The number of benzene rings is 1. The van der Waals surface area contributed by atoms with Gasteiger partial charge in [-0.25, -0.2) is 13.2 Å². The number of ether oxygens (including phenoxy) is 1. The van der Waals surface area contributed by atoms with Gasteiger partial charge in [0, 0.05) is 17.9 Å². The average molecular weight is 281 g/mol. The third-order valence-corrected chi connectivity index (χ3v) is 2.41. The molecule has 0 atom stereocenters. The summed E-state index contributed by atoms with van der Waals surface area (Å²) in [6.07, 6.45) is -2.66. The summed E-state index contributed by atoms with van der Waals surface area (Å²) in [7, 11) is 0. The minimum atomic E-state index is -2.55. The maximum Gasteiger partial charge on any atom is 0.261 e. The van der Waals surface area contributed by atoms with Gasteiger partial charge in [-0.1, -0.05) is 17.7 Å². The van der Waals surface area contributed by atoms with Crippen molar-refractivity contribution in [2.75, 3.05) is 13.2 Å². The molecule has 0 saturated heterocycles. The second-order valence-corrected chi connectivity index (χ2v) is 4.10. The minimum Gasteiger partial charge on any atom is -0.375 e. The van der Waals surface area contributed by atoms with Gasteiger partial charge in [0.2, 0.25) is 0 Å². The van der Waals surface area contributed by atoms with E-state index in [0.717, 1.165) is 6.07 Å². The average Bonchev–Trinajstić information content (AvgIpc) is 2.28. The maximum absolute atomic E-state index is 13.3. The number of hydrogen-bond donors (Lipinski definition) is 0. The van der Waals surface area contributed by atoms with E-state index in [4.69, 9.17) is 11.6 Å². The molecule has 0 radical (unpaired) electrons. The Kier molecular flexibility index (Phi) is 6.15. The first-order chi connectivity index (χ1) is 8.49. The Balaban J connectivity index is 2.35. The van der Waals surface area contributed by atoms with E-state index in [-0.39, 0.29) is 35.8 Å². The Morgan fingerprint density at radius 3 is 2.72 bits per heavy atom. The Morgan fingerprint density at radius 2 is 2.11 bits per heavy atom. The highest BCUT2D eigenvalue weighted by atomic mass is 35.5. The van der Waals surface area contributed by atoms with Crippen LogP contribution in [0.4, 0.5) is 13.2 Å². The van der Waals surface area contributed by atoms with E-state index in [1.54, 1.807) is 0 Å². The van der Waals surface area contributed by atoms with E-state index in [0.29, 0.717) is 0 Å². The predicted octanol–water partition coefficient (Wildman–Crippen LogP) is 3.26. The van der Waals surface area contributed by atoms with Crippen LogP contribution in [0.2, 0.25) is 5.02 Å². The molecular formula is C12H12ClF3O2. The summed E-state index contributed by atoms with van der Waals surface area (Å²) in [5, 5.41) is 0.254. The van der Waals surface area contributed by atoms with Crippen LogP contribution in [-0.4, -0.2) is 25.4 Å². The lowest BCUT2D eigenvalue weighted by molar-refractivity contribution is -0.119. The van der Waals surface area contributed by atoms with Crippen molar-refractivity contribution in [1.29, 1.82) is 0 Å². The highest BCUT2D eigenvalue weighted by Gasteiger charge is 2.09. The second kappa shape index (κ2) is 7.38. The smallest absolute Gasteiger partial charge is 0.261 e. The monoisotopic (exact) mass is 280 g/mol. The summed E-state index contributed by atoms with van der Waals surface area (Å²) in [5.74, 6) is -0.824. The van der Waals surface area contributed by atoms with Crippen LogP contribution < -0.4 is 0 Å². The fourth-order valence-electron chi connectivity index (χ4n) is 1.32. The number of carbonyl (C=O) groups is 1. The molecule has 1 aromatic carbocycles. The number of carbonyl (C=O) groups excluding carboxylic acids is 1. The number of alkyl halides is 2. The summed E-state index contributed by atoms with van der Waals surface area (Å²) in [6.45, 7) is -0.777. The molecule has 0 unspecified atom stereocenters. The van der Waals surface area contributed by atoms with Crippen LogP contribution in [0.3, 0.4) is 0 Å². The SMILES string of the molecule is O=C(CCOCC(F)F)Cc1ccc(Cl)cc1F. The summed E-state index contributed by atoms with van der Waals surface area (Å²) in [4.78, 5) is 11.4. The first-order valence-corrected chi connectivity index (χ1v) is 5.68. The van der Waals surface area contributed by atoms with Crippen molar-refractivity contribution >= 4 is 17.4 Å². The lowest BCUT2D eigenvalue weighted by Gasteiger charge is -2.04. The van der Waals surface area contributed by atoms with E-state index >= 15 is 0 Å². The molecule has 0 fully saturated rings. The van der Waals surface area contributed by atoms with Crippen molar-refractivity contribution in [3.8, 4) is 0 Å². The molecule has 18 heavy (non-hydrogen) atoms. The Bertz CT molecular complexity index is 410. The lowest BCUT2D eigenvalue weighted by Crippen LogP contribution is -2.11. The number of Topliss-reactive ketones (excluding diaryl/α,β-unsaturated/α-hetero) is 1. The Morgan fingerprint density at radius 1 is 1.39 bits per heavy atom. The molecule has 0 amide bonds. The number of hydrogen-bond acceptors (Lipinski definition) is 2. The molecule has 0 saturated carbocycles. The molecule has 1 aromatic rings. The van der Waals surface area contributed by atoms with Crippen LogP contribution in [0.25, 0.3) is 0 Å². The molecule has 0 aromatic heterocycles. The topological polar surface area (TPSA) is 26.3 Å². The first kappa shape index (κ1) is 15.0. The van der Waals surface area contributed by atoms with Crippen LogP contribution in [0.15, 0.2) is 18.2 Å². The van der Waals surface area contributed by atoms with Crippen molar-refractivity contribution in [3.05, 3.63) is 34.6 Å². The molecule has 0 spiro atoms. The normalized spacial score (nSPS) is 10.9. The lowest BCUT2D eigenvalue weighted by atomic mass is 10.1. The number of ketones is 1. The molecule has 1 rings (SSSR count). The fraction of sp³-hybridized carbons (Fsp3) is 0.417. The highest BCUT2D eigenvalue weighted by molar-refractivity contribution is 6.30. The standard InChI is InChI=1S/C12H12ClF3O2/c13-9-2-1-8(11(14)6-9)5-10(17)3-4-18-7-12(15)16/h1-2,6,12H,3-5,7H2. The quantitative estimate of drug-likeness (QED) is 0.717. The van der Waals surface area contributed by atoms with Crippen LogP contribution in [0, 0.1) is 5.82 Å². The van der Waals surface area contributed by atoms with Crippen molar-refractivity contribution in [2.45, 2.75) is 19.3 Å². The largest absolute Gasteiger partial charge is 0.375 e. The summed E-state index contributed by atoms with van der Waals surface area (Å²) in [6, 6.07) is 4.04. The predicted molar refractivity (Wildman–Crippen MR) is 61.6 cm³/mol. The van der Waals surface area contributed by atoms with Crippen LogP contribution >= 0.6 is 11.6 Å². The fourth-order valence-corrected chi connectivity index (χ4v) is 1.48. The van der Waals surface area contributed by atoms with Crippen LogP contribution in [0.1, 0.15) is 12.0 Å². The van der Waals surface area contributed by atoms with Gasteiger partial charge in [0.15, 0.2) is 0 Å². The molecule has 0 aliphatic carbocycles. The highest BCUT2D eigenvalue weighted by Crippen LogP contribution is 2.15. The third kappa shape index (κ3) is 5.51. The van der Waals surface area contributed by atoms with E-state index in [1.807, 2.05) is 0 Å². The van der Waals surface area contributed by atoms with Gasteiger partial charge in [-0.3, -0.25) is 4.79 Å². The van der Waals surface area contributed by atoms with Gasteiger partial charge in [-0.2, -0.15) is 0 Å². The zero-order valence-corrected chi connectivity index (χ0v) is 10.2. The Labute approximate surface area is 108 Å². The van der Waals surface area contributed by atoms with Crippen molar-refractivity contribution in [1.82, 2.24) is 0 Å². The Hall–Kier alpha value is -1.07. The molecule has 0 aliphatic heterocycles. The third-order valence-electron chi connectivity index (χ3n) is 2.17. The molecule has 2 nitrogen and oxygen atoms in total. The van der Waals surface area contributed by atoms with E-state index < -0.39 is 18.8 Å². The molecule has 0 aliphatic rings. The van der Waals surface area contributed by atoms with E-state index in [2.05, 4.69) is 4.74 Å². The molecule has 0 bridgehead atoms. The van der Waals surface area contributed by atoms with Crippen molar-refractivity contribution in [2.24, 2.45) is 0 Å². The van der Waals surface area contributed by atoms with Gasteiger partial charge in [0.25, 0.3) is 6.43 Å². The maximum atomic E-state index is 13.3. The molecule has 0 N–H and O–H groups in total. The first-order valence-electron chi connectivity index (χ1n) is 5.30. The molecule has 0 heterocycles. The summed E-state index contributed by atoms with van der Waals surface area (Å²) in [5.41, 5.74) is 0.234. The molecule has 6 heteroatoms. The zero-order chi connectivity index (χ0) is 13.5. The van der Waals surface area contributed by atoms with Gasteiger partial charge < -0.3 is 4.74 Å². The van der Waals surface area contributed by atoms with Gasteiger partial charge in [-0.05, 0) is 17.7 Å². The summed E-state index contributed by atoms with van der Waals surface area (Å²) < 4.78 is 41.4.